The third kappa shape index (κ3) is 4.62. The lowest BCUT2D eigenvalue weighted by Gasteiger charge is -2.23. The van der Waals surface area contributed by atoms with Gasteiger partial charge in [-0.05, 0) is 25.5 Å². The molecule has 3 aromatic rings. The van der Waals surface area contributed by atoms with Crippen LogP contribution in [-0.4, -0.2) is 41.2 Å². The minimum Gasteiger partial charge on any atom is -0.304 e. The van der Waals surface area contributed by atoms with E-state index in [0.29, 0.717) is 17.9 Å². The molecular formula is C23H23N5O3S. The summed E-state index contributed by atoms with van der Waals surface area (Å²) in [4.78, 5) is 12.9. The van der Waals surface area contributed by atoms with Crippen molar-refractivity contribution < 1.29 is 13.2 Å². The Bertz CT molecular complexity index is 1320. The largest absolute Gasteiger partial charge is 0.345 e. The number of carbonyl (C=O) groups excluding carboxylic acids is 1. The molecular weight excluding hydrogens is 426 g/mol. The van der Waals surface area contributed by atoms with Crippen LogP contribution in [0.1, 0.15) is 22.3 Å². The average molecular weight is 450 g/mol. The lowest BCUT2D eigenvalue weighted by molar-refractivity contribution is -0.113. The molecule has 0 unspecified atom stereocenters. The molecule has 32 heavy (non-hydrogen) atoms. The maximum atomic E-state index is 12.9. The van der Waals surface area contributed by atoms with Crippen LogP contribution in [0.2, 0.25) is 0 Å². The van der Waals surface area contributed by atoms with Gasteiger partial charge in [-0.15, -0.1) is 4.40 Å². The first-order valence-corrected chi connectivity index (χ1v) is 11.4. The predicted octanol–water partition coefficient (Wildman–Crippen LogP) is 3.05. The molecule has 1 amide bonds. The smallest absolute Gasteiger partial charge is 0.304 e. The first-order chi connectivity index (χ1) is 15.2. The molecule has 9 heteroatoms. The summed E-state index contributed by atoms with van der Waals surface area (Å²) in [5, 5.41) is 7.05. The van der Waals surface area contributed by atoms with Crippen LogP contribution >= 0.6 is 0 Å². The van der Waals surface area contributed by atoms with Gasteiger partial charge >= 0.3 is 10.2 Å². The summed E-state index contributed by atoms with van der Waals surface area (Å²) in [5.41, 5.74) is 4.07. The number of anilines is 1. The normalized spacial score (nSPS) is 15.2. The maximum absolute atomic E-state index is 12.9. The molecule has 2 aromatic carbocycles. The first-order valence-electron chi connectivity index (χ1n) is 9.99. The molecule has 2 heterocycles. The molecule has 0 radical (unpaired) electrons. The first kappa shape index (κ1) is 21.5. The van der Waals surface area contributed by atoms with Gasteiger partial charge in [0.2, 0.25) is 0 Å². The molecule has 1 aromatic heterocycles. The SMILES string of the molecule is Cc1ccc(Cn2ccc(NC(=O)C3=CC(c4ccc(C)cc4)=NS(=O)(=O)N3C)n2)cc1. The van der Waals surface area contributed by atoms with Crippen LogP contribution in [0.15, 0.2) is 77.0 Å². The van der Waals surface area contributed by atoms with E-state index in [9.17, 15) is 13.2 Å². The van der Waals surface area contributed by atoms with Crippen molar-refractivity contribution in [3.8, 4) is 0 Å². The lowest BCUT2D eigenvalue weighted by atomic mass is 10.1. The fourth-order valence-corrected chi connectivity index (χ4v) is 4.12. The fraction of sp³-hybridized carbons (Fsp3) is 0.174. The zero-order chi connectivity index (χ0) is 22.9. The summed E-state index contributed by atoms with van der Waals surface area (Å²) in [6, 6.07) is 17.0. The van der Waals surface area contributed by atoms with Crippen molar-refractivity contribution in [3.63, 3.8) is 0 Å². The summed E-state index contributed by atoms with van der Waals surface area (Å²) >= 11 is 0. The number of amides is 1. The third-order valence-electron chi connectivity index (χ3n) is 5.10. The van der Waals surface area contributed by atoms with E-state index in [4.69, 9.17) is 0 Å². The third-order valence-corrected chi connectivity index (χ3v) is 6.42. The molecule has 0 saturated carbocycles. The molecule has 0 atom stereocenters. The van der Waals surface area contributed by atoms with E-state index in [-0.39, 0.29) is 11.4 Å². The minimum atomic E-state index is -4.03. The van der Waals surface area contributed by atoms with Crippen LogP contribution in [0, 0.1) is 13.8 Å². The Morgan fingerprint density at radius 3 is 2.25 bits per heavy atom. The van der Waals surface area contributed by atoms with Crippen LogP contribution in [0.25, 0.3) is 0 Å². The quantitative estimate of drug-likeness (QED) is 0.647. The van der Waals surface area contributed by atoms with Gasteiger partial charge in [-0.3, -0.25) is 9.48 Å². The van der Waals surface area contributed by atoms with Crippen LogP contribution in [-0.2, 0) is 21.5 Å². The second kappa shape index (κ2) is 8.43. The number of nitrogens with zero attached hydrogens (tertiary/aromatic N) is 4. The number of hydrogen-bond acceptors (Lipinski definition) is 4. The highest BCUT2D eigenvalue weighted by Crippen LogP contribution is 2.21. The van der Waals surface area contributed by atoms with Crippen LogP contribution in [0.4, 0.5) is 5.82 Å². The van der Waals surface area contributed by atoms with Crippen molar-refractivity contribution in [1.29, 1.82) is 0 Å². The van der Waals surface area contributed by atoms with Gasteiger partial charge in [-0.25, -0.2) is 4.31 Å². The lowest BCUT2D eigenvalue weighted by Crippen LogP contribution is -2.35. The Morgan fingerprint density at radius 2 is 1.59 bits per heavy atom. The van der Waals surface area contributed by atoms with Gasteiger partial charge in [-0.2, -0.15) is 13.5 Å². The highest BCUT2D eigenvalue weighted by Gasteiger charge is 2.30. The van der Waals surface area contributed by atoms with E-state index < -0.39 is 16.1 Å². The topological polar surface area (TPSA) is 96.7 Å². The number of rotatable bonds is 5. The van der Waals surface area contributed by atoms with E-state index >= 15 is 0 Å². The number of nitrogens with one attached hydrogen (secondary N) is 1. The molecule has 0 spiro atoms. The van der Waals surface area contributed by atoms with Gasteiger partial charge in [0.15, 0.2) is 5.82 Å². The summed E-state index contributed by atoms with van der Waals surface area (Å²) in [5.74, 6) is -0.260. The van der Waals surface area contributed by atoms with E-state index in [1.54, 1.807) is 29.1 Å². The van der Waals surface area contributed by atoms with E-state index in [1.807, 2.05) is 50.2 Å². The number of benzene rings is 2. The number of likely N-dealkylation sites (N-methyl/N-ethyl adjacent to an activating group) is 1. The fourth-order valence-electron chi connectivity index (χ4n) is 3.20. The zero-order valence-corrected chi connectivity index (χ0v) is 18.8. The summed E-state index contributed by atoms with van der Waals surface area (Å²) in [6.45, 7) is 4.51. The number of carbonyl (C=O) groups is 1. The van der Waals surface area contributed by atoms with Gasteiger partial charge in [0.1, 0.15) is 5.70 Å². The molecule has 0 saturated heterocycles. The van der Waals surface area contributed by atoms with Crippen LogP contribution in [0.3, 0.4) is 0 Å². The van der Waals surface area contributed by atoms with Crippen molar-refractivity contribution in [2.45, 2.75) is 20.4 Å². The molecule has 1 aliphatic heterocycles. The monoisotopic (exact) mass is 449 g/mol. The van der Waals surface area contributed by atoms with Crippen molar-refractivity contribution >= 4 is 27.6 Å². The van der Waals surface area contributed by atoms with Crippen molar-refractivity contribution in [1.82, 2.24) is 14.1 Å². The highest BCUT2D eigenvalue weighted by atomic mass is 32.2. The van der Waals surface area contributed by atoms with Gasteiger partial charge in [0.25, 0.3) is 5.91 Å². The number of aryl methyl sites for hydroxylation is 2. The molecule has 8 nitrogen and oxygen atoms in total. The van der Waals surface area contributed by atoms with E-state index in [2.05, 4.69) is 14.8 Å². The molecule has 0 bridgehead atoms. The van der Waals surface area contributed by atoms with Crippen molar-refractivity contribution in [2.75, 3.05) is 12.4 Å². The van der Waals surface area contributed by atoms with Gasteiger partial charge in [0.05, 0.1) is 12.3 Å². The zero-order valence-electron chi connectivity index (χ0n) is 18.0. The maximum Gasteiger partial charge on any atom is 0.345 e. The van der Waals surface area contributed by atoms with Gasteiger partial charge in [-0.1, -0.05) is 59.7 Å². The summed E-state index contributed by atoms with van der Waals surface area (Å²) < 4.78 is 31.5. The average Bonchev–Trinajstić information content (AvgIpc) is 3.18. The summed E-state index contributed by atoms with van der Waals surface area (Å²) in [7, 11) is -2.73. The summed E-state index contributed by atoms with van der Waals surface area (Å²) in [6.07, 6.45) is 3.22. The molecule has 4 rings (SSSR count). The van der Waals surface area contributed by atoms with Gasteiger partial charge < -0.3 is 5.32 Å². The minimum absolute atomic E-state index is 0.0383. The molecule has 164 valence electrons. The van der Waals surface area contributed by atoms with Crippen LogP contribution in [0.5, 0.6) is 0 Å². The van der Waals surface area contributed by atoms with Gasteiger partial charge in [0, 0.05) is 24.9 Å². The number of aromatic nitrogens is 2. The Morgan fingerprint density at radius 1 is 0.969 bits per heavy atom. The molecule has 1 aliphatic rings. The second-order valence-corrected chi connectivity index (χ2v) is 9.28. The number of hydrogen-bond donors (Lipinski definition) is 1. The molecule has 1 N–H and O–H groups in total. The predicted molar refractivity (Wildman–Crippen MR) is 124 cm³/mol. The molecule has 0 fully saturated rings. The molecule has 0 aliphatic carbocycles. The second-order valence-electron chi connectivity index (χ2n) is 7.66. The van der Waals surface area contributed by atoms with Crippen molar-refractivity contribution in [3.05, 3.63) is 94.8 Å². The van der Waals surface area contributed by atoms with Crippen molar-refractivity contribution in [2.24, 2.45) is 4.40 Å². The van der Waals surface area contributed by atoms with E-state index in [1.165, 1.54) is 18.7 Å². The standard InChI is InChI=1S/C23H23N5O3S/c1-16-4-8-18(9-5-16)15-28-13-12-22(25-28)24-23(29)21-14-20(26-32(30,31)27(21)3)19-10-6-17(2)7-11-19/h4-14H,15H2,1-3H3,(H,24,25,29). The van der Waals surface area contributed by atoms with Crippen LogP contribution < -0.4 is 5.32 Å². The van der Waals surface area contributed by atoms with E-state index in [0.717, 1.165) is 15.4 Å². The Hall–Kier alpha value is -3.72. The Balaban J connectivity index is 1.54. The Kier molecular flexibility index (Phi) is 5.67. The Labute approximate surface area is 187 Å². The number of allylic oxidation sites excluding steroid dienone is 1. The highest BCUT2D eigenvalue weighted by molar-refractivity contribution is 7.88.